The molecule has 0 heterocycles. The molecule has 0 bridgehead atoms. The molecule has 1 unspecified atom stereocenters. The number of halogens is 2. The van der Waals surface area contributed by atoms with E-state index in [4.69, 9.17) is 21.4 Å². The minimum atomic E-state index is -0.908. The smallest absolute Gasteiger partial charge is 0.303 e. The maximum Gasteiger partial charge on any atom is 0.303 e. The van der Waals surface area contributed by atoms with E-state index in [-0.39, 0.29) is 24.0 Å². The highest BCUT2D eigenvalue weighted by Crippen LogP contribution is 2.49. The van der Waals surface area contributed by atoms with Crippen LogP contribution >= 0.6 is 11.6 Å². The third-order valence-corrected chi connectivity index (χ3v) is 3.58. The van der Waals surface area contributed by atoms with E-state index in [1.165, 1.54) is 19.2 Å². The van der Waals surface area contributed by atoms with Crippen LogP contribution in [0.5, 0.6) is 5.75 Å². The zero-order valence-corrected chi connectivity index (χ0v) is 10.7. The number of hydrogen-bond acceptors (Lipinski definition) is 2. The van der Waals surface area contributed by atoms with E-state index >= 15 is 0 Å². The number of carboxylic acid groups (broad SMARTS) is 1. The van der Waals surface area contributed by atoms with Gasteiger partial charge in [0.1, 0.15) is 0 Å². The lowest BCUT2D eigenvalue weighted by atomic mass is 9.90. The molecular weight excluding hydrogens is 259 g/mol. The van der Waals surface area contributed by atoms with Crippen molar-refractivity contribution in [2.45, 2.75) is 25.2 Å². The SMILES string of the molecule is COc1c(F)ccc(Cl)c1C(CC(=O)O)C1CC1. The van der Waals surface area contributed by atoms with Crippen LogP contribution in [0.1, 0.15) is 30.7 Å². The lowest BCUT2D eigenvalue weighted by molar-refractivity contribution is -0.137. The van der Waals surface area contributed by atoms with Gasteiger partial charge in [-0.3, -0.25) is 4.79 Å². The van der Waals surface area contributed by atoms with Crippen LogP contribution in [-0.4, -0.2) is 18.2 Å². The summed E-state index contributed by atoms with van der Waals surface area (Å²) in [6.45, 7) is 0. The quantitative estimate of drug-likeness (QED) is 0.893. The first-order valence-corrected chi connectivity index (χ1v) is 6.16. The van der Waals surface area contributed by atoms with Crippen molar-refractivity contribution in [3.63, 3.8) is 0 Å². The van der Waals surface area contributed by atoms with Crippen LogP contribution in [0.25, 0.3) is 0 Å². The van der Waals surface area contributed by atoms with E-state index in [2.05, 4.69) is 0 Å². The molecule has 1 aliphatic carbocycles. The molecule has 1 aromatic rings. The molecule has 5 heteroatoms. The van der Waals surface area contributed by atoms with Crippen molar-refractivity contribution in [3.05, 3.63) is 28.5 Å². The normalized spacial score (nSPS) is 16.4. The highest BCUT2D eigenvalue weighted by atomic mass is 35.5. The first kappa shape index (κ1) is 13.1. The van der Waals surface area contributed by atoms with Crippen LogP contribution in [0.2, 0.25) is 5.02 Å². The topological polar surface area (TPSA) is 46.5 Å². The van der Waals surface area contributed by atoms with Gasteiger partial charge in [0.05, 0.1) is 13.5 Å². The molecule has 0 aromatic heterocycles. The maximum absolute atomic E-state index is 13.7. The standard InChI is InChI=1S/C13H14ClFO3/c1-18-13-10(15)5-4-9(14)12(13)8(6-11(16)17)7-2-3-7/h4-5,7-8H,2-3,6H2,1H3,(H,16,17). The molecule has 0 saturated heterocycles. The summed E-state index contributed by atoms with van der Waals surface area (Å²) in [5.74, 6) is -1.36. The molecule has 1 aliphatic rings. The van der Waals surface area contributed by atoms with Crippen LogP contribution in [-0.2, 0) is 4.79 Å². The zero-order valence-electron chi connectivity index (χ0n) is 9.95. The van der Waals surface area contributed by atoms with Crippen molar-refractivity contribution in [1.29, 1.82) is 0 Å². The van der Waals surface area contributed by atoms with E-state index in [9.17, 15) is 9.18 Å². The maximum atomic E-state index is 13.7. The molecule has 2 rings (SSSR count). The molecule has 1 N–H and O–H groups in total. The molecule has 1 aromatic carbocycles. The Morgan fingerprint density at radius 2 is 2.28 bits per heavy atom. The number of methoxy groups -OCH3 is 1. The van der Waals surface area contributed by atoms with Crippen molar-refractivity contribution >= 4 is 17.6 Å². The van der Waals surface area contributed by atoms with Gasteiger partial charge in [-0.2, -0.15) is 0 Å². The van der Waals surface area contributed by atoms with E-state index in [1.54, 1.807) is 0 Å². The summed E-state index contributed by atoms with van der Waals surface area (Å²) in [7, 11) is 1.36. The molecule has 18 heavy (non-hydrogen) atoms. The van der Waals surface area contributed by atoms with Crippen LogP contribution in [0.15, 0.2) is 12.1 Å². The first-order chi connectivity index (χ1) is 8.54. The van der Waals surface area contributed by atoms with Crippen molar-refractivity contribution in [2.75, 3.05) is 7.11 Å². The summed E-state index contributed by atoms with van der Waals surface area (Å²) in [5.41, 5.74) is 0.490. The molecule has 1 saturated carbocycles. The summed E-state index contributed by atoms with van der Waals surface area (Å²) >= 11 is 6.09. The van der Waals surface area contributed by atoms with Gasteiger partial charge in [-0.25, -0.2) is 4.39 Å². The van der Waals surface area contributed by atoms with Crippen LogP contribution < -0.4 is 4.74 Å². The Kier molecular flexibility index (Phi) is 3.76. The predicted molar refractivity (Wildman–Crippen MR) is 65.7 cm³/mol. The summed E-state index contributed by atoms with van der Waals surface area (Å²) in [6, 6.07) is 2.68. The second-order valence-electron chi connectivity index (χ2n) is 4.52. The zero-order chi connectivity index (χ0) is 13.3. The van der Waals surface area contributed by atoms with Crippen molar-refractivity contribution in [1.82, 2.24) is 0 Å². The van der Waals surface area contributed by atoms with Crippen LogP contribution in [0, 0.1) is 11.7 Å². The summed E-state index contributed by atoms with van der Waals surface area (Å²) in [5, 5.41) is 9.34. The minimum Gasteiger partial charge on any atom is -0.493 e. The molecule has 1 atom stereocenters. The van der Waals surface area contributed by atoms with Gasteiger partial charge < -0.3 is 9.84 Å². The summed E-state index contributed by atoms with van der Waals surface area (Å²) in [6.07, 6.45) is 1.85. The van der Waals surface area contributed by atoms with Crippen LogP contribution in [0.4, 0.5) is 4.39 Å². The molecule has 0 radical (unpaired) electrons. The lowest BCUT2D eigenvalue weighted by Gasteiger charge is -2.19. The van der Waals surface area contributed by atoms with Gasteiger partial charge in [-0.1, -0.05) is 11.6 Å². The monoisotopic (exact) mass is 272 g/mol. The molecule has 0 aliphatic heterocycles. The highest BCUT2D eigenvalue weighted by Gasteiger charge is 2.37. The Morgan fingerprint density at radius 3 is 2.78 bits per heavy atom. The van der Waals surface area contributed by atoms with Crippen molar-refractivity contribution in [3.8, 4) is 5.75 Å². The predicted octanol–water partition coefficient (Wildman–Crippen LogP) is 3.46. The number of hydrogen-bond donors (Lipinski definition) is 1. The second-order valence-corrected chi connectivity index (χ2v) is 4.93. The molecule has 98 valence electrons. The molecular formula is C13H14ClFO3. The second kappa shape index (κ2) is 5.14. The molecule has 1 fully saturated rings. The van der Waals surface area contributed by atoms with Gasteiger partial charge in [0, 0.05) is 16.5 Å². The van der Waals surface area contributed by atoms with Gasteiger partial charge in [0.15, 0.2) is 11.6 Å². The minimum absolute atomic E-state index is 0.0514. The number of benzene rings is 1. The van der Waals surface area contributed by atoms with Gasteiger partial charge >= 0.3 is 5.97 Å². The average Bonchev–Trinajstić information content (AvgIpc) is 3.13. The average molecular weight is 273 g/mol. The highest BCUT2D eigenvalue weighted by molar-refractivity contribution is 6.31. The van der Waals surface area contributed by atoms with E-state index in [0.29, 0.717) is 10.6 Å². The fraction of sp³-hybridized carbons (Fsp3) is 0.462. The third-order valence-electron chi connectivity index (χ3n) is 3.26. The third kappa shape index (κ3) is 2.58. The van der Waals surface area contributed by atoms with Gasteiger partial charge in [0.2, 0.25) is 0 Å². The Labute approximate surface area is 110 Å². The van der Waals surface area contributed by atoms with E-state index in [1.807, 2.05) is 0 Å². The Hall–Kier alpha value is -1.29. The van der Waals surface area contributed by atoms with Crippen molar-refractivity contribution in [2.24, 2.45) is 5.92 Å². The fourth-order valence-electron chi connectivity index (χ4n) is 2.29. The summed E-state index contributed by atoms with van der Waals surface area (Å²) < 4.78 is 18.7. The first-order valence-electron chi connectivity index (χ1n) is 5.78. The number of carbonyl (C=O) groups is 1. The summed E-state index contributed by atoms with van der Waals surface area (Å²) in [4.78, 5) is 10.9. The van der Waals surface area contributed by atoms with Gasteiger partial charge in [0.25, 0.3) is 0 Å². The molecule has 0 spiro atoms. The molecule has 3 nitrogen and oxygen atoms in total. The lowest BCUT2D eigenvalue weighted by Crippen LogP contribution is -2.11. The number of ether oxygens (including phenoxy) is 1. The van der Waals surface area contributed by atoms with Crippen LogP contribution in [0.3, 0.4) is 0 Å². The fourth-order valence-corrected chi connectivity index (χ4v) is 2.58. The van der Waals surface area contributed by atoms with Crippen molar-refractivity contribution < 1.29 is 19.0 Å². The molecule has 0 amide bonds. The van der Waals surface area contributed by atoms with E-state index < -0.39 is 11.8 Å². The van der Waals surface area contributed by atoms with Gasteiger partial charge in [-0.15, -0.1) is 0 Å². The van der Waals surface area contributed by atoms with Gasteiger partial charge in [-0.05, 0) is 30.9 Å². The van der Waals surface area contributed by atoms with E-state index in [0.717, 1.165) is 12.8 Å². The Bertz CT molecular complexity index is 472. The Morgan fingerprint density at radius 1 is 1.61 bits per heavy atom. The number of rotatable bonds is 5. The number of carboxylic acids is 1. The number of aliphatic carboxylic acids is 1. The Balaban J connectivity index is 2.45. The largest absolute Gasteiger partial charge is 0.493 e.